The molecule has 0 radical (unpaired) electrons. The lowest BCUT2D eigenvalue weighted by atomic mass is 10.1. The zero-order valence-corrected chi connectivity index (χ0v) is 12.9. The standard InChI is InChI=1S/C17H17NO2S/c1-19-14-7-3-12(4-8-14)16-11-21-17(18-16)13-5-9-15(20-2)10-6-13/h3-10,16H,11H2,1-2H3. The number of hydrogen-bond acceptors (Lipinski definition) is 4. The number of aliphatic imine (C=N–C) groups is 1. The number of rotatable bonds is 4. The quantitative estimate of drug-likeness (QED) is 0.857. The second kappa shape index (κ2) is 6.22. The molecule has 1 heterocycles. The summed E-state index contributed by atoms with van der Waals surface area (Å²) in [5.41, 5.74) is 2.38. The highest BCUT2D eigenvalue weighted by molar-refractivity contribution is 8.14. The minimum Gasteiger partial charge on any atom is -0.497 e. The van der Waals surface area contributed by atoms with E-state index in [0.717, 1.165) is 27.9 Å². The van der Waals surface area contributed by atoms with Crippen LogP contribution in [-0.4, -0.2) is 25.0 Å². The molecule has 1 atom stereocenters. The van der Waals surface area contributed by atoms with E-state index in [1.54, 1.807) is 26.0 Å². The first-order valence-electron chi connectivity index (χ1n) is 6.79. The van der Waals surface area contributed by atoms with Crippen LogP contribution < -0.4 is 9.47 Å². The second-order valence-corrected chi connectivity index (χ2v) is 5.77. The van der Waals surface area contributed by atoms with Crippen LogP contribution in [0.3, 0.4) is 0 Å². The topological polar surface area (TPSA) is 30.8 Å². The lowest BCUT2D eigenvalue weighted by molar-refractivity contribution is 0.414. The summed E-state index contributed by atoms with van der Waals surface area (Å²) in [5, 5.41) is 1.10. The molecular formula is C17H17NO2S. The van der Waals surface area contributed by atoms with E-state index in [4.69, 9.17) is 14.5 Å². The Balaban J connectivity index is 1.79. The third kappa shape index (κ3) is 3.05. The van der Waals surface area contributed by atoms with Crippen LogP contribution in [0.1, 0.15) is 17.2 Å². The van der Waals surface area contributed by atoms with Crippen molar-refractivity contribution in [1.29, 1.82) is 0 Å². The summed E-state index contributed by atoms with van der Waals surface area (Å²) < 4.78 is 10.4. The molecule has 0 saturated carbocycles. The predicted octanol–water partition coefficient (Wildman–Crippen LogP) is 3.94. The smallest absolute Gasteiger partial charge is 0.118 e. The van der Waals surface area contributed by atoms with Crippen LogP contribution in [0.5, 0.6) is 11.5 Å². The van der Waals surface area contributed by atoms with E-state index in [9.17, 15) is 0 Å². The van der Waals surface area contributed by atoms with Crippen molar-refractivity contribution in [3.8, 4) is 11.5 Å². The molecule has 4 heteroatoms. The molecule has 2 aromatic rings. The van der Waals surface area contributed by atoms with Crippen molar-refractivity contribution in [2.24, 2.45) is 4.99 Å². The minimum atomic E-state index is 0.220. The summed E-state index contributed by atoms with van der Waals surface area (Å²) in [5.74, 6) is 2.73. The van der Waals surface area contributed by atoms with Gasteiger partial charge in [-0.1, -0.05) is 12.1 Å². The summed E-state index contributed by atoms with van der Waals surface area (Å²) in [6.45, 7) is 0. The first-order chi connectivity index (χ1) is 10.3. The molecule has 2 aromatic carbocycles. The Bertz CT molecular complexity index is 635. The summed E-state index contributed by atoms with van der Waals surface area (Å²) in [7, 11) is 3.36. The molecule has 0 bridgehead atoms. The largest absolute Gasteiger partial charge is 0.497 e. The van der Waals surface area contributed by atoms with E-state index >= 15 is 0 Å². The lowest BCUT2D eigenvalue weighted by Gasteiger charge is -2.07. The summed E-state index contributed by atoms with van der Waals surface area (Å²) >= 11 is 1.80. The maximum atomic E-state index is 5.19. The van der Waals surface area contributed by atoms with E-state index < -0.39 is 0 Å². The first-order valence-corrected chi connectivity index (χ1v) is 7.77. The van der Waals surface area contributed by atoms with Gasteiger partial charge < -0.3 is 9.47 Å². The van der Waals surface area contributed by atoms with Gasteiger partial charge in [-0.05, 0) is 42.0 Å². The molecule has 1 unspecified atom stereocenters. The number of thioether (sulfide) groups is 1. The molecule has 0 saturated heterocycles. The van der Waals surface area contributed by atoms with Crippen LogP contribution in [0.25, 0.3) is 0 Å². The van der Waals surface area contributed by atoms with Crippen LogP contribution in [0.4, 0.5) is 0 Å². The SMILES string of the molecule is COc1ccc(C2=NC(c3ccc(OC)cc3)CS2)cc1. The predicted molar refractivity (Wildman–Crippen MR) is 87.7 cm³/mol. The van der Waals surface area contributed by atoms with E-state index in [1.165, 1.54) is 5.56 Å². The van der Waals surface area contributed by atoms with Crippen molar-refractivity contribution in [2.75, 3.05) is 20.0 Å². The van der Waals surface area contributed by atoms with E-state index in [1.807, 2.05) is 24.3 Å². The number of ether oxygens (including phenoxy) is 2. The fourth-order valence-electron chi connectivity index (χ4n) is 2.26. The van der Waals surface area contributed by atoms with Gasteiger partial charge in [-0.3, -0.25) is 4.99 Å². The molecule has 108 valence electrons. The van der Waals surface area contributed by atoms with Gasteiger partial charge in [0.2, 0.25) is 0 Å². The highest BCUT2D eigenvalue weighted by Gasteiger charge is 2.20. The van der Waals surface area contributed by atoms with Crippen molar-refractivity contribution in [1.82, 2.24) is 0 Å². The minimum absolute atomic E-state index is 0.220. The highest BCUT2D eigenvalue weighted by atomic mass is 32.2. The van der Waals surface area contributed by atoms with Gasteiger partial charge >= 0.3 is 0 Å². The average molecular weight is 299 g/mol. The van der Waals surface area contributed by atoms with Gasteiger partial charge in [-0.15, -0.1) is 11.8 Å². The Kier molecular flexibility index (Phi) is 4.15. The maximum Gasteiger partial charge on any atom is 0.118 e. The molecule has 0 fully saturated rings. The van der Waals surface area contributed by atoms with Crippen LogP contribution in [0.15, 0.2) is 53.5 Å². The zero-order chi connectivity index (χ0) is 14.7. The number of nitrogens with zero attached hydrogens (tertiary/aromatic N) is 1. The van der Waals surface area contributed by atoms with Gasteiger partial charge in [0, 0.05) is 11.3 Å². The number of methoxy groups -OCH3 is 2. The highest BCUT2D eigenvalue weighted by Crippen LogP contribution is 2.33. The molecule has 1 aliphatic heterocycles. The Morgan fingerprint density at radius 2 is 1.48 bits per heavy atom. The lowest BCUT2D eigenvalue weighted by Crippen LogP contribution is -1.94. The summed E-state index contributed by atoms with van der Waals surface area (Å²) in [4.78, 5) is 4.84. The Morgan fingerprint density at radius 3 is 2.05 bits per heavy atom. The van der Waals surface area contributed by atoms with Gasteiger partial charge in [0.25, 0.3) is 0 Å². The summed E-state index contributed by atoms with van der Waals surface area (Å²) in [6.07, 6.45) is 0. The molecule has 0 N–H and O–H groups in total. The van der Waals surface area contributed by atoms with Crippen molar-refractivity contribution < 1.29 is 9.47 Å². The number of benzene rings is 2. The average Bonchev–Trinajstić information content (AvgIpc) is 3.05. The van der Waals surface area contributed by atoms with Crippen LogP contribution >= 0.6 is 11.8 Å². The Morgan fingerprint density at radius 1 is 0.905 bits per heavy atom. The van der Waals surface area contributed by atoms with Gasteiger partial charge in [-0.2, -0.15) is 0 Å². The van der Waals surface area contributed by atoms with E-state index in [2.05, 4.69) is 24.3 Å². The number of hydrogen-bond donors (Lipinski definition) is 0. The fraction of sp³-hybridized carbons (Fsp3) is 0.235. The van der Waals surface area contributed by atoms with Crippen LogP contribution in [0, 0.1) is 0 Å². The monoisotopic (exact) mass is 299 g/mol. The molecule has 1 aliphatic rings. The Labute approximate surface area is 129 Å². The fourth-order valence-corrected chi connectivity index (χ4v) is 3.35. The molecule has 21 heavy (non-hydrogen) atoms. The zero-order valence-electron chi connectivity index (χ0n) is 12.1. The van der Waals surface area contributed by atoms with Crippen LogP contribution in [-0.2, 0) is 0 Å². The van der Waals surface area contributed by atoms with Crippen LogP contribution in [0.2, 0.25) is 0 Å². The van der Waals surface area contributed by atoms with Crippen molar-refractivity contribution in [3.05, 3.63) is 59.7 Å². The molecule has 0 spiro atoms. The van der Waals surface area contributed by atoms with Gasteiger partial charge in [-0.25, -0.2) is 0 Å². The Hall–Kier alpha value is -1.94. The van der Waals surface area contributed by atoms with Crippen molar-refractivity contribution >= 4 is 16.8 Å². The van der Waals surface area contributed by atoms with E-state index in [0.29, 0.717) is 0 Å². The van der Waals surface area contributed by atoms with Crippen molar-refractivity contribution in [2.45, 2.75) is 6.04 Å². The van der Waals surface area contributed by atoms with Crippen molar-refractivity contribution in [3.63, 3.8) is 0 Å². The molecular weight excluding hydrogens is 282 g/mol. The van der Waals surface area contributed by atoms with Gasteiger partial charge in [0.1, 0.15) is 11.5 Å². The molecule has 0 amide bonds. The second-order valence-electron chi connectivity index (χ2n) is 4.76. The third-order valence-corrected chi connectivity index (χ3v) is 4.59. The summed E-state index contributed by atoms with van der Waals surface area (Å²) in [6, 6.07) is 16.4. The maximum absolute atomic E-state index is 5.19. The molecule has 3 nitrogen and oxygen atoms in total. The molecule has 3 rings (SSSR count). The molecule has 0 aromatic heterocycles. The van der Waals surface area contributed by atoms with Gasteiger partial charge in [0.05, 0.1) is 25.3 Å². The van der Waals surface area contributed by atoms with E-state index in [-0.39, 0.29) is 6.04 Å². The third-order valence-electron chi connectivity index (χ3n) is 3.49. The normalized spacial score (nSPS) is 17.4. The first kappa shape index (κ1) is 14.0. The molecule has 0 aliphatic carbocycles. The van der Waals surface area contributed by atoms with Gasteiger partial charge in [0.15, 0.2) is 0 Å².